The van der Waals surface area contributed by atoms with Crippen LogP contribution in [0.1, 0.15) is 31.7 Å². The van der Waals surface area contributed by atoms with E-state index >= 15 is 0 Å². The number of nitrogens with zero attached hydrogens (tertiary/aromatic N) is 2. The SMILES string of the molecule is CCn1cc(CNC2C3C4CCC(C4)C23)cn1. The third-order valence-electron chi connectivity index (χ3n) is 5.29. The van der Waals surface area contributed by atoms with Crippen LogP contribution in [0.15, 0.2) is 12.4 Å². The lowest BCUT2D eigenvalue weighted by Gasteiger charge is -2.09. The van der Waals surface area contributed by atoms with Gasteiger partial charge in [0.15, 0.2) is 0 Å². The molecule has 0 saturated heterocycles. The van der Waals surface area contributed by atoms with Crippen molar-refractivity contribution < 1.29 is 0 Å². The van der Waals surface area contributed by atoms with Crippen molar-refractivity contribution in [3.8, 4) is 0 Å². The van der Waals surface area contributed by atoms with E-state index in [-0.39, 0.29) is 0 Å². The summed E-state index contributed by atoms with van der Waals surface area (Å²) in [6.07, 6.45) is 8.74. The maximum atomic E-state index is 4.32. The minimum absolute atomic E-state index is 0.839. The van der Waals surface area contributed by atoms with Gasteiger partial charge in [-0.3, -0.25) is 4.68 Å². The Morgan fingerprint density at radius 3 is 2.76 bits per heavy atom. The highest BCUT2D eigenvalue weighted by Gasteiger charge is 2.64. The number of hydrogen-bond donors (Lipinski definition) is 1. The van der Waals surface area contributed by atoms with Crippen molar-refractivity contribution in [2.75, 3.05) is 0 Å². The molecule has 4 rings (SSSR count). The zero-order chi connectivity index (χ0) is 11.4. The van der Waals surface area contributed by atoms with Gasteiger partial charge in [-0.15, -0.1) is 0 Å². The van der Waals surface area contributed by atoms with Gasteiger partial charge in [0.25, 0.3) is 0 Å². The molecule has 3 saturated carbocycles. The second-order valence-electron chi connectivity index (χ2n) is 6.10. The van der Waals surface area contributed by atoms with E-state index < -0.39 is 0 Å². The van der Waals surface area contributed by atoms with E-state index in [1.54, 1.807) is 6.42 Å². The Hall–Kier alpha value is -0.830. The van der Waals surface area contributed by atoms with Crippen molar-refractivity contribution in [2.45, 2.75) is 45.3 Å². The van der Waals surface area contributed by atoms with E-state index in [2.05, 4.69) is 23.5 Å². The minimum atomic E-state index is 0.839. The summed E-state index contributed by atoms with van der Waals surface area (Å²) in [5, 5.41) is 8.08. The summed E-state index contributed by atoms with van der Waals surface area (Å²) in [6.45, 7) is 4.11. The molecule has 4 unspecified atom stereocenters. The van der Waals surface area contributed by atoms with Crippen molar-refractivity contribution in [3.05, 3.63) is 18.0 Å². The third-order valence-corrected chi connectivity index (χ3v) is 5.29. The lowest BCUT2D eigenvalue weighted by atomic mass is 10.0. The van der Waals surface area contributed by atoms with Crippen molar-refractivity contribution in [2.24, 2.45) is 23.7 Å². The molecule has 0 amide bonds. The average Bonchev–Trinajstić information content (AvgIpc) is 2.81. The van der Waals surface area contributed by atoms with Crippen LogP contribution in [-0.2, 0) is 13.1 Å². The Kier molecular flexibility index (Phi) is 2.13. The Labute approximate surface area is 103 Å². The van der Waals surface area contributed by atoms with Crippen molar-refractivity contribution in [3.63, 3.8) is 0 Å². The molecule has 0 radical (unpaired) electrons. The van der Waals surface area contributed by atoms with Gasteiger partial charge in [-0.1, -0.05) is 0 Å². The molecule has 1 aromatic rings. The van der Waals surface area contributed by atoms with Crippen LogP contribution < -0.4 is 5.32 Å². The first-order chi connectivity index (χ1) is 8.36. The molecule has 1 heterocycles. The number of aromatic nitrogens is 2. The molecular weight excluding hydrogens is 210 g/mol. The summed E-state index contributed by atoms with van der Waals surface area (Å²) in [5.41, 5.74) is 1.34. The van der Waals surface area contributed by atoms with Crippen LogP contribution >= 0.6 is 0 Å². The monoisotopic (exact) mass is 231 g/mol. The largest absolute Gasteiger partial charge is 0.309 e. The first-order valence-corrected chi connectivity index (χ1v) is 7.11. The maximum absolute atomic E-state index is 4.32. The number of rotatable bonds is 4. The minimum Gasteiger partial charge on any atom is -0.309 e. The molecule has 17 heavy (non-hydrogen) atoms. The van der Waals surface area contributed by atoms with Gasteiger partial charge in [0, 0.05) is 30.9 Å². The van der Waals surface area contributed by atoms with E-state index in [0.29, 0.717) is 0 Å². The summed E-state index contributed by atoms with van der Waals surface area (Å²) in [5.74, 6) is 4.21. The van der Waals surface area contributed by atoms with Gasteiger partial charge in [0.1, 0.15) is 0 Å². The van der Waals surface area contributed by atoms with Gasteiger partial charge in [-0.05, 0) is 49.9 Å². The van der Waals surface area contributed by atoms with E-state index in [4.69, 9.17) is 0 Å². The zero-order valence-corrected chi connectivity index (χ0v) is 10.5. The first kappa shape index (κ1) is 10.1. The van der Waals surface area contributed by atoms with Gasteiger partial charge in [0.2, 0.25) is 0 Å². The fourth-order valence-electron chi connectivity index (χ4n) is 4.50. The molecule has 1 aromatic heterocycles. The smallest absolute Gasteiger partial charge is 0.0534 e. The van der Waals surface area contributed by atoms with Crippen LogP contribution in [0.3, 0.4) is 0 Å². The van der Waals surface area contributed by atoms with Gasteiger partial charge < -0.3 is 5.32 Å². The van der Waals surface area contributed by atoms with E-state index in [1.807, 2.05) is 10.9 Å². The molecular formula is C14H21N3. The quantitative estimate of drug-likeness (QED) is 0.859. The lowest BCUT2D eigenvalue weighted by molar-refractivity contribution is 0.456. The van der Waals surface area contributed by atoms with Crippen LogP contribution in [0, 0.1) is 23.7 Å². The summed E-state index contributed by atoms with van der Waals surface area (Å²) >= 11 is 0. The van der Waals surface area contributed by atoms with Crippen LogP contribution in [0.25, 0.3) is 0 Å². The fourth-order valence-corrected chi connectivity index (χ4v) is 4.50. The molecule has 0 aromatic carbocycles. The van der Waals surface area contributed by atoms with Gasteiger partial charge in [0.05, 0.1) is 6.20 Å². The van der Waals surface area contributed by atoms with Crippen molar-refractivity contribution in [1.82, 2.24) is 15.1 Å². The number of aryl methyl sites for hydroxylation is 1. The standard InChI is InChI=1S/C14H21N3/c1-2-17-8-9(7-16-17)6-15-14-12-10-3-4-11(5-10)13(12)14/h7-8,10-15H,2-6H2,1H3. The van der Waals surface area contributed by atoms with Crippen LogP contribution in [-0.4, -0.2) is 15.8 Å². The Bertz CT molecular complexity index is 409. The number of hydrogen-bond acceptors (Lipinski definition) is 2. The molecule has 3 fully saturated rings. The molecule has 92 valence electrons. The summed E-state index contributed by atoms with van der Waals surface area (Å²) in [6, 6.07) is 0.839. The fraction of sp³-hybridized carbons (Fsp3) is 0.786. The number of fused-ring (bicyclic) bond motifs is 5. The zero-order valence-electron chi connectivity index (χ0n) is 10.5. The highest BCUT2D eigenvalue weighted by atomic mass is 15.3. The number of nitrogens with one attached hydrogen (secondary N) is 1. The van der Waals surface area contributed by atoms with E-state index in [9.17, 15) is 0 Å². The predicted octanol–water partition coefficient (Wildman–Crippen LogP) is 2.04. The molecule has 3 aliphatic rings. The van der Waals surface area contributed by atoms with Gasteiger partial charge >= 0.3 is 0 Å². The van der Waals surface area contributed by atoms with Gasteiger partial charge in [-0.25, -0.2) is 0 Å². The maximum Gasteiger partial charge on any atom is 0.0534 e. The van der Waals surface area contributed by atoms with Crippen LogP contribution in [0.5, 0.6) is 0 Å². The topological polar surface area (TPSA) is 29.9 Å². The van der Waals surface area contributed by atoms with Crippen molar-refractivity contribution >= 4 is 0 Å². The Morgan fingerprint density at radius 1 is 1.35 bits per heavy atom. The molecule has 1 N–H and O–H groups in total. The summed E-state index contributed by atoms with van der Waals surface area (Å²) < 4.78 is 2.01. The molecule has 4 atom stereocenters. The van der Waals surface area contributed by atoms with Crippen LogP contribution in [0.4, 0.5) is 0 Å². The highest BCUT2D eigenvalue weighted by molar-refractivity contribution is 5.17. The second kappa shape index (κ2) is 3.58. The van der Waals surface area contributed by atoms with Crippen LogP contribution in [0.2, 0.25) is 0 Å². The molecule has 3 heteroatoms. The molecule has 3 nitrogen and oxygen atoms in total. The van der Waals surface area contributed by atoms with Gasteiger partial charge in [-0.2, -0.15) is 5.10 Å². The van der Waals surface area contributed by atoms with Crippen molar-refractivity contribution in [1.29, 1.82) is 0 Å². The predicted molar refractivity (Wildman–Crippen MR) is 66.3 cm³/mol. The third kappa shape index (κ3) is 1.48. The average molecular weight is 231 g/mol. The lowest BCUT2D eigenvalue weighted by Crippen LogP contribution is -2.22. The Balaban J connectivity index is 1.35. The molecule has 3 aliphatic carbocycles. The van der Waals surface area contributed by atoms with E-state index in [1.165, 1.54) is 18.4 Å². The van der Waals surface area contributed by atoms with E-state index in [0.717, 1.165) is 42.8 Å². The summed E-state index contributed by atoms with van der Waals surface area (Å²) in [7, 11) is 0. The Morgan fingerprint density at radius 2 is 2.12 bits per heavy atom. The summed E-state index contributed by atoms with van der Waals surface area (Å²) in [4.78, 5) is 0. The highest BCUT2D eigenvalue weighted by Crippen LogP contribution is 2.65. The molecule has 2 bridgehead atoms. The second-order valence-corrected chi connectivity index (χ2v) is 6.10. The molecule has 0 aliphatic heterocycles. The first-order valence-electron chi connectivity index (χ1n) is 7.11. The molecule has 0 spiro atoms. The normalized spacial score (nSPS) is 41.8.